The van der Waals surface area contributed by atoms with Crippen molar-refractivity contribution in [3.8, 4) is 0 Å². The van der Waals surface area contributed by atoms with Crippen molar-refractivity contribution in [1.29, 1.82) is 0 Å². The number of nitrogens with zero attached hydrogens (tertiary/aromatic N) is 1. The third-order valence-electron chi connectivity index (χ3n) is 2.60. The Morgan fingerprint density at radius 1 is 1.55 bits per heavy atom. The van der Waals surface area contributed by atoms with E-state index in [1.807, 2.05) is 26.0 Å². The molecular weight excluding hydrogens is 298 g/mol. The number of carbonyl (C=O) groups excluding carboxylic acids is 1. The Bertz CT molecular complexity index is 418. The number of anilines is 1. The highest BCUT2D eigenvalue weighted by Crippen LogP contribution is 2.14. The van der Waals surface area contributed by atoms with Gasteiger partial charge in [-0.25, -0.2) is 4.98 Å². The van der Waals surface area contributed by atoms with Crippen LogP contribution in [0.25, 0.3) is 0 Å². The van der Waals surface area contributed by atoms with Gasteiger partial charge in [-0.05, 0) is 23.6 Å². The SMILES string of the molecule is CC(C)[C@H](N)C(=O)Nc1cc(CSCCO)ccn1.Cl. The average Bonchev–Trinajstić information content (AvgIpc) is 2.38. The van der Waals surface area contributed by atoms with Crippen LogP contribution in [0, 0.1) is 5.92 Å². The molecule has 1 atom stereocenters. The van der Waals surface area contributed by atoms with Crippen molar-refractivity contribution in [2.45, 2.75) is 25.6 Å². The minimum atomic E-state index is -0.533. The highest BCUT2D eigenvalue weighted by atomic mass is 35.5. The van der Waals surface area contributed by atoms with Crippen molar-refractivity contribution in [2.75, 3.05) is 17.7 Å². The van der Waals surface area contributed by atoms with E-state index in [9.17, 15) is 4.79 Å². The second-order valence-corrected chi connectivity index (χ2v) is 5.69. The molecule has 1 amide bonds. The minimum absolute atomic E-state index is 0. The largest absolute Gasteiger partial charge is 0.396 e. The molecule has 1 aromatic rings. The summed E-state index contributed by atoms with van der Waals surface area (Å²) >= 11 is 1.63. The van der Waals surface area contributed by atoms with Gasteiger partial charge in [0.15, 0.2) is 0 Å². The van der Waals surface area contributed by atoms with E-state index in [2.05, 4.69) is 10.3 Å². The molecule has 20 heavy (non-hydrogen) atoms. The van der Waals surface area contributed by atoms with Crippen LogP contribution in [0.3, 0.4) is 0 Å². The van der Waals surface area contributed by atoms with Crippen molar-refractivity contribution >= 4 is 35.9 Å². The van der Waals surface area contributed by atoms with Gasteiger partial charge in [0, 0.05) is 17.7 Å². The van der Waals surface area contributed by atoms with E-state index in [-0.39, 0.29) is 30.8 Å². The van der Waals surface area contributed by atoms with Crippen LogP contribution in [0.15, 0.2) is 18.3 Å². The predicted molar refractivity (Wildman–Crippen MR) is 86.2 cm³/mol. The average molecular weight is 320 g/mol. The van der Waals surface area contributed by atoms with E-state index in [1.54, 1.807) is 18.0 Å². The van der Waals surface area contributed by atoms with Crippen molar-refractivity contribution < 1.29 is 9.90 Å². The molecule has 0 aliphatic heterocycles. The summed E-state index contributed by atoms with van der Waals surface area (Å²) in [5.41, 5.74) is 6.83. The van der Waals surface area contributed by atoms with Gasteiger partial charge < -0.3 is 16.2 Å². The molecule has 0 aliphatic carbocycles. The topological polar surface area (TPSA) is 88.2 Å². The summed E-state index contributed by atoms with van der Waals surface area (Å²) in [7, 11) is 0. The van der Waals surface area contributed by atoms with E-state index in [0.717, 1.165) is 11.3 Å². The number of aromatic nitrogens is 1. The highest BCUT2D eigenvalue weighted by molar-refractivity contribution is 7.98. The number of carbonyl (C=O) groups is 1. The molecule has 0 bridgehead atoms. The first-order valence-electron chi connectivity index (χ1n) is 6.24. The number of aliphatic hydroxyl groups is 1. The molecule has 0 fully saturated rings. The number of hydrogen-bond acceptors (Lipinski definition) is 5. The monoisotopic (exact) mass is 319 g/mol. The van der Waals surface area contributed by atoms with E-state index in [1.165, 1.54) is 0 Å². The van der Waals surface area contributed by atoms with E-state index >= 15 is 0 Å². The Kier molecular flexibility index (Phi) is 9.58. The summed E-state index contributed by atoms with van der Waals surface area (Å²) in [6, 6.07) is 3.19. The minimum Gasteiger partial charge on any atom is -0.396 e. The van der Waals surface area contributed by atoms with Gasteiger partial charge >= 0.3 is 0 Å². The third-order valence-corrected chi connectivity index (χ3v) is 3.61. The summed E-state index contributed by atoms with van der Waals surface area (Å²) in [6.07, 6.45) is 1.66. The van der Waals surface area contributed by atoms with Crippen molar-refractivity contribution in [2.24, 2.45) is 11.7 Å². The zero-order valence-electron chi connectivity index (χ0n) is 11.7. The summed E-state index contributed by atoms with van der Waals surface area (Å²) in [6.45, 7) is 3.97. The third kappa shape index (κ3) is 6.56. The summed E-state index contributed by atoms with van der Waals surface area (Å²) in [5, 5.41) is 11.4. The van der Waals surface area contributed by atoms with Crippen LogP contribution in [0.2, 0.25) is 0 Å². The van der Waals surface area contributed by atoms with Gasteiger partial charge in [-0.3, -0.25) is 4.79 Å². The van der Waals surface area contributed by atoms with Gasteiger partial charge in [-0.1, -0.05) is 13.8 Å². The second-order valence-electron chi connectivity index (χ2n) is 4.58. The van der Waals surface area contributed by atoms with Gasteiger partial charge in [-0.2, -0.15) is 11.8 Å². The van der Waals surface area contributed by atoms with Crippen LogP contribution in [0.1, 0.15) is 19.4 Å². The molecular formula is C13H22ClN3O2S. The van der Waals surface area contributed by atoms with Crippen LogP contribution < -0.4 is 11.1 Å². The molecule has 5 nitrogen and oxygen atoms in total. The molecule has 0 unspecified atom stereocenters. The quantitative estimate of drug-likeness (QED) is 0.665. The zero-order chi connectivity index (χ0) is 14.3. The van der Waals surface area contributed by atoms with Gasteiger partial charge in [0.1, 0.15) is 5.82 Å². The molecule has 0 spiro atoms. The Morgan fingerprint density at radius 2 is 2.25 bits per heavy atom. The molecule has 1 aromatic heterocycles. The number of nitrogens with one attached hydrogen (secondary N) is 1. The molecule has 7 heteroatoms. The zero-order valence-corrected chi connectivity index (χ0v) is 13.3. The molecule has 1 rings (SSSR count). The van der Waals surface area contributed by atoms with E-state index in [4.69, 9.17) is 10.8 Å². The van der Waals surface area contributed by atoms with Crippen LogP contribution in [-0.2, 0) is 10.5 Å². The number of aliphatic hydroxyl groups excluding tert-OH is 1. The van der Waals surface area contributed by atoms with Gasteiger partial charge in [0.25, 0.3) is 0 Å². The Morgan fingerprint density at radius 3 is 2.85 bits per heavy atom. The fourth-order valence-corrected chi connectivity index (χ4v) is 2.09. The number of rotatable bonds is 7. The number of halogens is 1. The molecule has 0 saturated carbocycles. The maximum Gasteiger partial charge on any atom is 0.242 e. The standard InChI is InChI=1S/C13H21N3O2S.ClH/c1-9(2)12(14)13(18)16-11-7-10(3-4-15-11)8-19-6-5-17;/h3-4,7,9,12,17H,5-6,8,14H2,1-2H3,(H,15,16,18);1H/t12-;/m0./s1. The van der Waals surface area contributed by atoms with Crippen LogP contribution in [0.4, 0.5) is 5.82 Å². The molecule has 114 valence electrons. The maximum atomic E-state index is 11.8. The van der Waals surface area contributed by atoms with Crippen molar-refractivity contribution in [3.63, 3.8) is 0 Å². The smallest absolute Gasteiger partial charge is 0.242 e. The molecule has 0 aliphatic rings. The predicted octanol–water partition coefficient (Wildman–Crippen LogP) is 1.65. The van der Waals surface area contributed by atoms with Crippen LogP contribution >= 0.6 is 24.2 Å². The lowest BCUT2D eigenvalue weighted by atomic mass is 10.1. The second kappa shape index (κ2) is 9.99. The molecule has 0 aromatic carbocycles. The molecule has 0 saturated heterocycles. The fraction of sp³-hybridized carbons (Fsp3) is 0.538. The maximum absolute atomic E-state index is 11.8. The van der Waals surface area contributed by atoms with Crippen molar-refractivity contribution in [3.05, 3.63) is 23.9 Å². The Labute approximate surface area is 130 Å². The Balaban J connectivity index is 0.00000361. The summed E-state index contributed by atoms with van der Waals surface area (Å²) < 4.78 is 0. The number of pyridine rings is 1. The lowest BCUT2D eigenvalue weighted by Gasteiger charge is -2.15. The van der Waals surface area contributed by atoms with E-state index < -0.39 is 6.04 Å². The molecule has 0 radical (unpaired) electrons. The van der Waals surface area contributed by atoms with Gasteiger partial charge in [-0.15, -0.1) is 12.4 Å². The summed E-state index contributed by atoms with van der Waals surface area (Å²) in [5.74, 6) is 1.86. The first kappa shape index (κ1) is 19.2. The number of hydrogen-bond donors (Lipinski definition) is 3. The highest BCUT2D eigenvalue weighted by Gasteiger charge is 2.17. The fourth-order valence-electron chi connectivity index (χ4n) is 1.40. The lowest BCUT2D eigenvalue weighted by Crippen LogP contribution is -2.39. The number of thioether (sulfide) groups is 1. The van der Waals surface area contributed by atoms with Gasteiger partial charge in [0.05, 0.1) is 12.6 Å². The Hall–Kier alpha value is -0.820. The molecule has 1 heterocycles. The lowest BCUT2D eigenvalue weighted by molar-refractivity contribution is -0.118. The first-order valence-corrected chi connectivity index (χ1v) is 7.40. The van der Waals surface area contributed by atoms with Crippen molar-refractivity contribution in [1.82, 2.24) is 4.98 Å². The first-order chi connectivity index (χ1) is 9.04. The van der Waals surface area contributed by atoms with Crippen LogP contribution in [0.5, 0.6) is 0 Å². The normalized spacial score (nSPS) is 11.8. The number of nitrogens with two attached hydrogens (primary N) is 1. The van der Waals surface area contributed by atoms with E-state index in [0.29, 0.717) is 11.6 Å². The van der Waals surface area contributed by atoms with Crippen LogP contribution in [-0.4, -0.2) is 34.4 Å². The van der Waals surface area contributed by atoms with Gasteiger partial charge in [0.2, 0.25) is 5.91 Å². The molecule has 4 N–H and O–H groups in total. The summed E-state index contributed by atoms with van der Waals surface area (Å²) in [4.78, 5) is 15.9. The number of amides is 1.